The molecule has 4 aromatic rings. The van der Waals surface area contributed by atoms with Crippen LogP contribution in [0.1, 0.15) is 44.4 Å². The molecule has 0 unspecified atom stereocenters. The van der Waals surface area contributed by atoms with E-state index in [1.54, 1.807) is 23.3 Å². The van der Waals surface area contributed by atoms with E-state index in [2.05, 4.69) is 49.4 Å². The van der Waals surface area contributed by atoms with Crippen molar-refractivity contribution in [3.05, 3.63) is 42.4 Å². The van der Waals surface area contributed by atoms with Gasteiger partial charge in [0.05, 0.1) is 11.6 Å². The molecule has 4 heterocycles. The molecule has 0 aliphatic carbocycles. The fourth-order valence-electron chi connectivity index (χ4n) is 2.70. The fraction of sp³-hybridized carbons (Fsp3) is 0.333. The Morgan fingerprint density at radius 3 is 2.70 bits per heavy atom. The van der Waals surface area contributed by atoms with Gasteiger partial charge in [-0.3, -0.25) is 9.67 Å². The second-order valence-corrected chi connectivity index (χ2v) is 6.65. The first kappa shape index (κ1) is 17.1. The lowest BCUT2D eigenvalue weighted by Crippen LogP contribution is -2.11. The minimum Gasteiger partial charge on any atom is -0.358 e. The van der Waals surface area contributed by atoms with Crippen LogP contribution in [-0.4, -0.2) is 34.9 Å². The number of fused-ring (bicyclic) bond motifs is 1. The third-order valence-corrected chi connectivity index (χ3v) is 4.21. The van der Waals surface area contributed by atoms with Crippen LogP contribution in [-0.2, 0) is 7.05 Å². The van der Waals surface area contributed by atoms with Crippen molar-refractivity contribution in [3.63, 3.8) is 0 Å². The van der Waals surface area contributed by atoms with E-state index in [-0.39, 0.29) is 12.0 Å². The van der Waals surface area contributed by atoms with Crippen molar-refractivity contribution in [3.8, 4) is 11.4 Å². The van der Waals surface area contributed by atoms with Crippen LogP contribution in [0.2, 0.25) is 0 Å². The van der Waals surface area contributed by atoms with E-state index < -0.39 is 0 Å². The van der Waals surface area contributed by atoms with Crippen LogP contribution >= 0.6 is 0 Å². The number of nitrogens with zero attached hydrogens (tertiary/aromatic N) is 7. The summed E-state index contributed by atoms with van der Waals surface area (Å²) in [6.45, 7) is 6.06. The molecule has 0 aliphatic rings. The number of hydrogen-bond acceptors (Lipinski definition) is 8. The van der Waals surface area contributed by atoms with Crippen molar-refractivity contribution in [2.75, 3.05) is 5.32 Å². The van der Waals surface area contributed by atoms with Crippen molar-refractivity contribution in [1.82, 2.24) is 34.9 Å². The summed E-state index contributed by atoms with van der Waals surface area (Å²) >= 11 is 0. The van der Waals surface area contributed by atoms with E-state index in [1.807, 2.05) is 26.1 Å². The van der Waals surface area contributed by atoms with Gasteiger partial charge in [0.2, 0.25) is 11.7 Å². The SMILES string of the molecule is CC(C)c1nc(N[C@H](C)c2nc(-c3cccnc3)no2)c2cnn(C)c2n1. The molecule has 0 radical (unpaired) electrons. The highest BCUT2D eigenvalue weighted by molar-refractivity contribution is 5.86. The second kappa shape index (κ2) is 6.75. The molecule has 9 heteroatoms. The molecule has 1 atom stereocenters. The van der Waals surface area contributed by atoms with Crippen LogP contribution in [0, 0.1) is 0 Å². The lowest BCUT2D eigenvalue weighted by atomic mass is 10.2. The molecule has 9 nitrogen and oxygen atoms in total. The van der Waals surface area contributed by atoms with E-state index in [4.69, 9.17) is 4.52 Å². The van der Waals surface area contributed by atoms with Gasteiger partial charge < -0.3 is 9.84 Å². The van der Waals surface area contributed by atoms with Crippen LogP contribution in [0.4, 0.5) is 5.82 Å². The first-order chi connectivity index (χ1) is 13.0. The number of aromatic nitrogens is 7. The first-order valence-corrected chi connectivity index (χ1v) is 8.73. The van der Waals surface area contributed by atoms with Gasteiger partial charge in [0.1, 0.15) is 17.7 Å². The summed E-state index contributed by atoms with van der Waals surface area (Å²) < 4.78 is 7.17. The molecule has 0 bridgehead atoms. The van der Waals surface area contributed by atoms with Crippen molar-refractivity contribution in [2.24, 2.45) is 7.05 Å². The minimum atomic E-state index is -0.235. The van der Waals surface area contributed by atoms with E-state index in [0.717, 1.165) is 22.4 Å². The first-order valence-electron chi connectivity index (χ1n) is 8.73. The molecule has 0 aliphatic heterocycles. The molecular weight excluding hydrogens is 344 g/mol. The maximum Gasteiger partial charge on any atom is 0.249 e. The fourth-order valence-corrected chi connectivity index (χ4v) is 2.70. The van der Waals surface area contributed by atoms with Crippen molar-refractivity contribution in [2.45, 2.75) is 32.7 Å². The van der Waals surface area contributed by atoms with Crippen LogP contribution in [0.5, 0.6) is 0 Å². The van der Waals surface area contributed by atoms with Gasteiger partial charge in [-0.25, -0.2) is 9.97 Å². The highest BCUT2D eigenvalue weighted by atomic mass is 16.5. The van der Waals surface area contributed by atoms with Crippen molar-refractivity contribution < 1.29 is 4.52 Å². The van der Waals surface area contributed by atoms with E-state index in [0.29, 0.717) is 17.5 Å². The lowest BCUT2D eigenvalue weighted by Gasteiger charge is -2.13. The maximum atomic E-state index is 5.43. The van der Waals surface area contributed by atoms with Gasteiger partial charge >= 0.3 is 0 Å². The molecule has 1 N–H and O–H groups in total. The van der Waals surface area contributed by atoms with Crippen molar-refractivity contribution in [1.29, 1.82) is 0 Å². The Bertz CT molecular complexity index is 1070. The number of rotatable bonds is 5. The summed E-state index contributed by atoms with van der Waals surface area (Å²) in [4.78, 5) is 17.8. The van der Waals surface area contributed by atoms with Gasteiger partial charge in [-0.15, -0.1) is 0 Å². The number of hydrogen-bond donors (Lipinski definition) is 1. The molecular formula is C18H20N8O. The molecule has 0 spiro atoms. The number of aryl methyl sites for hydroxylation is 1. The smallest absolute Gasteiger partial charge is 0.249 e. The van der Waals surface area contributed by atoms with Crippen molar-refractivity contribution >= 4 is 16.9 Å². The third-order valence-electron chi connectivity index (χ3n) is 4.21. The van der Waals surface area contributed by atoms with Gasteiger partial charge in [0.25, 0.3) is 0 Å². The normalized spacial score (nSPS) is 12.6. The van der Waals surface area contributed by atoms with Gasteiger partial charge in [0.15, 0.2) is 5.65 Å². The molecule has 4 rings (SSSR count). The number of nitrogens with one attached hydrogen (secondary N) is 1. The standard InChI is InChI=1S/C18H20N8O/c1-10(2)14-22-16(13-9-20-26(4)17(13)23-14)21-11(3)18-24-15(25-27-18)12-6-5-7-19-8-12/h5-11H,1-4H3,(H,21,22,23)/t11-/m1/s1. The number of pyridine rings is 1. The zero-order chi connectivity index (χ0) is 19.0. The van der Waals surface area contributed by atoms with E-state index in [9.17, 15) is 0 Å². The molecule has 0 amide bonds. The monoisotopic (exact) mass is 364 g/mol. The summed E-state index contributed by atoms with van der Waals surface area (Å²) in [7, 11) is 1.87. The van der Waals surface area contributed by atoms with Gasteiger partial charge in [-0.2, -0.15) is 10.1 Å². The summed E-state index contributed by atoms with van der Waals surface area (Å²) in [5.41, 5.74) is 1.59. The molecule has 138 valence electrons. The average molecular weight is 364 g/mol. The van der Waals surface area contributed by atoms with Gasteiger partial charge in [-0.05, 0) is 19.1 Å². The Morgan fingerprint density at radius 2 is 1.96 bits per heavy atom. The highest BCUT2D eigenvalue weighted by Crippen LogP contribution is 2.26. The molecule has 4 aromatic heterocycles. The van der Waals surface area contributed by atoms with Gasteiger partial charge in [0, 0.05) is 30.9 Å². The summed E-state index contributed by atoms with van der Waals surface area (Å²) in [5.74, 6) is 2.62. The maximum absolute atomic E-state index is 5.43. The van der Waals surface area contributed by atoms with Crippen LogP contribution in [0.25, 0.3) is 22.4 Å². The largest absolute Gasteiger partial charge is 0.358 e. The Morgan fingerprint density at radius 1 is 1.11 bits per heavy atom. The third kappa shape index (κ3) is 3.23. The zero-order valence-corrected chi connectivity index (χ0v) is 15.6. The average Bonchev–Trinajstić information content (AvgIpc) is 3.30. The molecule has 0 saturated heterocycles. The second-order valence-electron chi connectivity index (χ2n) is 6.65. The molecule has 0 fully saturated rings. The highest BCUT2D eigenvalue weighted by Gasteiger charge is 2.19. The Hall–Kier alpha value is -3.36. The molecule has 0 saturated carbocycles. The predicted molar refractivity (Wildman–Crippen MR) is 100.0 cm³/mol. The Balaban J connectivity index is 1.65. The van der Waals surface area contributed by atoms with Crippen LogP contribution in [0.3, 0.4) is 0 Å². The topological polar surface area (TPSA) is 107 Å². The lowest BCUT2D eigenvalue weighted by molar-refractivity contribution is 0.367. The quantitative estimate of drug-likeness (QED) is 0.575. The Kier molecular flexibility index (Phi) is 4.27. The summed E-state index contributed by atoms with van der Waals surface area (Å²) in [6, 6.07) is 3.49. The summed E-state index contributed by atoms with van der Waals surface area (Å²) in [5, 5.41) is 12.5. The van der Waals surface area contributed by atoms with Crippen LogP contribution < -0.4 is 5.32 Å². The molecule has 0 aromatic carbocycles. The van der Waals surface area contributed by atoms with Gasteiger partial charge in [-0.1, -0.05) is 19.0 Å². The predicted octanol–water partition coefficient (Wildman–Crippen LogP) is 3.10. The van der Waals surface area contributed by atoms with E-state index in [1.165, 1.54) is 0 Å². The minimum absolute atomic E-state index is 0.195. The number of anilines is 1. The summed E-state index contributed by atoms with van der Waals surface area (Å²) in [6.07, 6.45) is 5.16. The van der Waals surface area contributed by atoms with E-state index >= 15 is 0 Å². The molecule has 27 heavy (non-hydrogen) atoms. The van der Waals surface area contributed by atoms with Crippen LogP contribution in [0.15, 0.2) is 35.2 Å². The Labute approximate surface area is 155 Å². The zero-order valence-electron chi connectivity index (χ0n) is 15.6.